The number of nitriles is 1. The predicted molar refractivity (Wildman–Crippen MR) is 83.6 cm³/mol. The van der Waals surface area contributed by atoms with Crippen LogP contribution in [0.3, 0.4) is 0 Å². The number of hydrogen-bond donors (Lipinski definition) is 3. The zero-order valence-electron chi connectivity index (χ0n) is 11.0. The molecule has 5 nitrogen and oxygen atoms in total. The minimum Gasteiger partial charge on any atom is -0.396 e. The summed E-state index contributed by atoms with van der Waals surface area (Å²) >= 11 is 6.28. The third-order valence-corrected chi connectivity index (χ3v) is 3.84. The molecule has 5 N–H and O–H groups in total. The van der Waals surface area contributed by atoms with Gasteiger partial charge in [0.2, 0.25) is 0 Å². The number of nitrogen functional groups attached to an aromatic ring is 1. The molecule has 2 aromatic carbocycles. The zero-order valence-corrected chi connectivity index (χ0v) is 11.8. The highest BCUT2D eigenvalue weighted by Gasteiger charge is 2.20. The van der Waals surface area contributed by atoms with Crippen molar-refractivity contribution < 1.29 is 0 Å². The number of aromatic amines is 1. The van der Waals surface area contributed by atoms with Gasteiger partial charge in [-0.3, -0.25) is 5.10 Å². The van der Waals surface area contributed by atoms with Crippen molar-refractivity contribution in [2.24, 2.45) is 5.73 Å². The van der Waals surface area contributed by atoms with E-state index in [1.165, 1.54) is 0 Å². The second kappa shape index (κ2) is 5.09. The number of hydrogen-bond acceptors (Lipinski definition) is 4. The van der Waals surface area contributed by atoms with Crippen LogP contribution in [0, 0.1) is 11.3 Å². The van der Waals surface area contributed by atoms with E-state index in [-0.39, 0.29) is 6.54 Å². The SMILES string of the molecule is N#Cc1c(-c2ccccc2Cl)c(CN)c2cn[nH]c2c1N. The maximum absolute atomic E-state index is 9.52. The predicted octanol–water partition coefficient (Wildman–Crippen LogP) is 2.80. The number of H-pyrrole nitrogens is 1. The zero-order chi connectivity index (χ0) is 15.0. The summed E-state index contributed by atoms with van der Waals surface area (Å²) in [4.78, 5) is 0. The van der Waals surface area contributed by atoms with Crippen LogP contribution < -0.4 is 11.5 Å². The highest BCUT2D eigenvalue weighted by Crippen LogP contribution is 2.40. The summed E-state index contributed by atoms with van der Waals surface area (Å²) in [5.41, 5.74) is 15.6. The molecule has 0 saturated carbocycles. The van der Waals surface area contributed by atoms with Crippen LogP contribution in [0.15, 0.2) is 30.5 Å². The van der Waals surface area contributed by atoms with E-state index in [1.807, 2.05) is 18.2 Å². The Hall–Kier alpha value is -2.55. The molecule has 0 aliphatic rings. The first-order valence-electron chi connectivity index (χ1n) is 6.31. The lowest BCUT2D eigenvalue weighted by Gasteiger charge is -2.15. The Kier molecular flexibility index (Phi) is 3.26. The maximum Gasteiger partial charge on any atom is 0.102 e. The van der Waals surface area contributed by atoms with Crippen LogP contribution >= 0.6 is 11.6 Å². The van der Waals surface area contributed by atoms with Gasteiger partial charge in [-0.1, -0.05) is 29.8 Å². The minimum atomic E-state index is 0.256. The van der Waals surface area contributed by atoms with Crippen LogP contribution in [-0.2, 0) is 6.54 Å². The summed E-state index contributed by atoms with van der Waals surface area (Å²) in [6, 6.07) is 9.47. The van der Waals surface area contributed by atoms with Crippen LogP contribution in [0.5, 0.6) is 0 Å². The Bertz CT molecular complexity index is 876. The molecule has 0 unspecified atom stereocenters. The number of nitrogens with zero attached hydrogens (tertiary/aromatic N) is 2. The Morgan fingerprint density at radius 3 is 2.76 bits per heavy atom. The van der Waals surface area contributed by atoms with Crippen LogP contribution in [0.4, 0.5) is 5.69 Å². The van der Waals surface area contributed by atoms with E-state index >= 15 is 0 Å². The van der Waals surface area contributed by atoms with Gasteiger partial charge in [-0.05, 0) is 11.6 Å². The van der Waals surface area contributed by atoms with Crippen molar-refractivity contribution in [2.75, 3.05) is 5.73 Å². The fourth-order valence-corrected chi connectivity index (χ4v) is 2.79. The monoisotopic (exact) mass is 297 g/mol. The van der Waals surface area contributed by atoms with E-state index in [2.05, 4.69) is 16.3 Å². The maximum atomic E-state index is 9.52. The van der Waals surface area contributed by atoms with E-state index < -0.39 is 0 Å². The Morgan fingerprint density at radius 1 is 1.33 bits per heavy atom. The van der Waals surface area contributed by atoms with Gasteiger partial charge >= 0.3 is 0 Å². The third-order valence-electron chi connectivity index (χ3n) is 3.51. The number of halogens is 1. The lowest BCUT2D eigenvalue weighted by molar-refractivity contribution is 1.09. The van der Waals surface area contributed by atoms with Crippen molar-refractivity contribution >= 4 is 28.2 Å². The van der Waals surface area contributed by atoms with Gasteiger partial charge in [0.15, 0.2) is 0 Å². The molecule has 104 valence electrons. The van der Waals surface area contributed by atoms with Gasteiger partial charge in [0.25, 0.3) is 0 Å². The molecule has 0 fully saturated rings. The first-order chi connectivity index (χ1) is 10.2. The molecule has 3 aromatic rings. The average Bonchev–Trinajstić information content (AvgIpc) is 2.97. The smallest absolute Gasteiger partial charge is 0.102 e. The number of nitrogens with two attached hydrogens (primary N) is 2. The van der Waals surface area contributed by atoms with Crippen LogP contribution in [0.25, 0.3) is 22.0 Å². The molecule has 1 heterocycles. The van der Waals surface area contributed by atoms with Crippen LogP contribution in [-0.4, -0.2) is 10.2 Å². The second-order valence-electron chi connectivity index (χ2n) is 4.60. The van der Waals surface area contributed by atoms with Crippen molar-refractivity contribution in [1.82, 2.24) is 10.2 Å². The molecule has 6 heteroatoms. The van der Waals surface area contributed by atoms with Gasteiger partial charge in [-0.15, -0.1) is 0 Å². The van der Waals surface area contributed by atoms with Gasteiger partial charge in [-0.25, -0.2) is 0 Å². The molecule has 0 saturated heterocycles. The Labute approximate surface area is 126 Å². The number of benzene rings is 2. The summed E-state index contributed by atoms with van der Waals surface area (Å²) in [6.07, 6.45) is 1.66. The largest absolute Gasteiger partial charge is 0.396 e. The molecule has 0 bridgehead atoms. The fourth-order valence-electron chi connectivity index (χ4n) is 2.55. The Balaban J connectivity index is 2.52. The van der Waals surface area contributed by atoms with E-state index in [0.717, 1.165) is 16.5 Å². The molecular formula is C15H12ClN5. The number of nitrogens with one attached hydrogen (secondary N) is 1. The van der Waals surface area contributed by atoms with Crippen molar-refractivity contribution in [3.05, 3.63) is 46.6 Å². The summed E-state index contributed by atoms with van der Waals surface area (Å²) in [6.45, 7) is 0.256. The van der Waals surface area contributed by atoms with Crippen LogP contribution in [0.2, 0.25) is 5.02 Å². The summed E-state index contributed by atoms with van der Waals surface area (Å²) in [5, 5.41) is 17.7. The number of fused-ring (bicyclic) bond motifs is 1. The molecule has 3 rings (SSSR count). The highest BCUT2D eigenvalue weighted by atomic mass is 35.5. The van der Waals surface area contributed by atoms with Crippen molar-refractivity contribution in [2.45, 2.75) is 6.54 Å². The molecule has 0 aliphatic carbocycles. The lowest BCUT2D eigenvalue weighted by atomic mass is 9.91. The second-order valence-corrected chi connectivity index (χ2v) is 5.00. The van der Waals surface area contributed by atoms with Gasteiger partial charge in [-0.2, -0.15) is 10.4 Å². The van der Waals surface area contributed by atoms with Gasteiger partial charge in [0.05, 0.1) is 23.0 Å². The fraction of sp³-hybridized carbons (Fsp3) is 0.0667. The van der Waals surface area contributed by atoms with Crippen molar-refractivity contribution in [1.29, 1.82) is 5.26 Å². The van der Waals surface area contributed by atoms with E-state index in [0.29, 0.717) is 27.4 Å². The molecule has 0 aliphatic heterocycles. The first-order valence-corrected chi connectivity index (χ1v) is 6.69. The number of aromatic nitrogens is 2. The normalized spacial score (nSPS) is 10.7. The Morgan fingerprint density at radius 2 is 2.10 bits per heavy atom. The molecule has 21 heavy (non-hydrogen) atoms. The van der Waals surface area contributed by atoms with Gasteiger partial charge in [0.1, 0.15) is 6.07 Å². The first kappa shape index (κ1) is 13.4. The summed E-state index contributed by atoms with van der Waals surface area (Å²) in [7, 11) is 0. The molecule has 0 spiro atoms. The van der Waals surface area contributed by atoms with Crippen molar-refractivity contribution in [3.8, 4) is 17.2 Å². The van der Waals surface area contributed by atoms with Gasteiger partial charge in [0, 0.05) is 28.1 Å². The number of anilines is 1. The van der Waals surface area contributed by atoms with Crippen LogP contribution in [0.1, 0.15) is 11.1 Å². The van der Waals surface area contributed by atoms with Gasteiger partial charge < -0.3 is 11.5 Å². The minimum absolute atomic E-state index is 0.256. The average molecular weight is 298 g/mol. The highest BCUT2D eigenvalue weighted by molar-refractivity contribution is 6.33. The third kappa shape index (κ3) is 1.93. The summed E-state index contributed by atoms with van der Waals surface area (Å²) < 4.78 is 0. The van der Waals surface area contributed by atoms with E-state index in [4.69, 9.17) is 23.1 Å². The lowest BCUT2D eigenvalue weighted by Crippen LogP contribution is -2.05. The molecule has 0 amide bonds. The number of rotatable bonds is 2. The summed E-state index contributed by atoms with van der Waals surface area (Å²) in [5.74, 6) is 0. The van der Waals surface area contributed by atoms with E-state index in [1.54, 1.807) is 12.3 Å². The molecular weight excluding hydrogens is 286 g/mol. The quantitative estimate of drug-likeness (QED) is 0.632. The van der Waals surface area contributed by atoms with E-state index in [9.17, 15) is 5.26 Å². The molecule has 1 aromatic heterocycles. The standard InChI is InChI=1S/C15H12ClN5/c16-12-4-2-1-3-8(12)13-9(5-17)11-7-20-21-15(11)14(19)10(13)6-18/h1-4,7H,5,17,19H2,(H,20,21). The topological polar surface area (TPSA) is 105 Å². The van der Waals surface area contributed by atoms with Crippen molar-refractivity contribution in [3.63, 3.8) is 0 Å². The molecule has 0 radical (unpaired) electrons. The molecule has 0 atom stereocenters.